The molecular weight excluding hydrogens is 587 g/mol. The molecule has 0 saturated carbocycles. The Morgan fingerprint density at radius 1 is 0.953 bits per heavy atom. The second kappa shape index (κ2) is 15.0. The SMILES string of the molecule is CCC(Sc1cccc(NC(=O)/C(=C\c2cccc(OC)c2OC)NC(=O)c2ccccc2)c1)C(=O)Nc1nnc(C)s1. The van der Waals surface area contributed by atoms with Crippen molar-refractivity contribution in [1.82, 2.24) is 15.5 Å². The topological polar surface area (TPSA) is 132 Å². The highest BCUT2D eigenvalue weighted by atomic mass is 32.2. The minimum absolute atomic E-state index is 0.00312. The highest BCUT2D eigenvalue weighted by molar-refractivity contribution is 8.00. The number of carbonyl (C=O) groups excluding carboxylic acids is 3. The predicted octanol–water partition coefficient (Wildman–Crippen LogP) is 5.78. The fraction of sp³-hybridized carbons (Fsp3) is 0.194. The maximum atomic E-state index is 13.6. The molecule has 0 saturated heterocycles. The molecule has 3 amide bonds. The van der Waals surface area contributed by atoms with Gasteiger partial charge in [-0.25, -0.2) is 0 Å². The number of anilines is 2. The molecule has 12 heteroatoms. The number of ether oxygens (including phenoxy) is 2. The minimum Gasteiger partial charge on any atom is -0.493 e. The Morgan fingerprint density at radius 2 is 1.72 bits per heavy atom. The van der Waals surface area contributed by atoms with E-state index in [0.717, 1.165) is 9.90 Å². The zero-order valence-corrected chi connectivity index (χ0v) is 25.7. The monoisotopic (exact) mass is 617 g/mol. The van der Waals surface area contributed by atoms with Gasteiger partial charge in [-0.05, 0) is 55.8 Å². The van der Waals surface area contributed by atoms with E-state index in [0.29, 0.717) is 39.9 Å². The van der Waals surface area contributed by atoms with E-state index < -0.39 is 17.1 Å². The summed E-state index contributed by atoms with van der Waals surface area (Å²) in [7, 11) is 3.02. The van der Waals surface area contributed by atoms with Gasteiger partial charge in [-0.1, -0.05) is 54.7 Å². The fourth-order valence-corrected chi connectivity index (χ4v) is 5.60. The minimum atomic E-state index is -0.548. The molecule has 3 aromatic carbocycles. The number of hydrogen-bond donors (Lipinski definition) is 3. The number of nitrogens with zero attached hydrogens (tertiary/aromatic N) is 2. The summed E-state index contributed by atoms with van der Waals surface area (Å²) in [5.74, 6) is -0.288. The Morgan fingerprint density at radius 3 is 2.40 bits per heavy atom. The van der Waals surface area contributed by atoms with Gasteiger partial charge in [-0.3, -0.25) is 19.7 Å². The first-order valence-electron chi connectivity index (χ1n) is 13.3. The lowest BCUT2D eigenvalue weighted by Gasteiger charge is -2.15. The van der Waals surface area contributed by atoms with Gasteiger partial charge in [0.2, 0.25) is 11.0 Å². The van der Waals surface area contributed by atoms with E-state index in [1.54, 1.807) is 66.7 Å². The van der Waals surface area contributed by atoms with Gasteiger partial charge in [0.15, 0.2) is 11.5 Å². The van der Waals surface area contributed by atoms with Crippen LogP contribution in [0.25, 0.3) is 6.08 Å². The first kappa shape index (κ1) is 31.3. The standard InChI is InChI=1S/C31H31N5O5S2/c1-5-26(30(39)34-31-36-35-19(2)42-31)43-23-15-10-14-22(18-23)32-29(38)24(33-28(37)20-11-7-6-8-12-20)17-21-13-9-16-25(40-3)27(21)41-4/h6-18,26H,5H2,1-4H3,(H,32,38)(H,33,37)(H,34,36,39)/b24-17+. The molecule has 0 aliphatic rings. The maximum Gasteiger partial charge on any atom is 0.272 e. The van der Waals surface area contributed by atoms with Gasteiger partial charge in [0.05, 0.1) is 19.5 Å². The van der Waals surface area contributed by atoms with Crippen LogP contribution in [0.15, 0.2) is 83.4 Å². The quantitative estimate of drug-likeness (QED) is 0.135. The summed E-state index contributed by atoms with van der Waals surface area (Å²) in [6.45, 7) is 3.74. The second-order valence-corrected chi connectivity index (χ2v) is 11.5. The molecular formula is C31H31N5O5S2. The van der Waals surface area contributed by atoms with Crippen LogP contribution in [0.3, 0.4) is 0 Å². The number of aryl methyl sites for hydroxylation is 1. The number of carbonyl (C=O) groups is 3. The third-order valence-electron chi connectivity index (χ3n) is 6.05. The number of nitrogens with one attached hydrogen (secondary N) is 3. The summed E-state index contributed by atoms with van der Waals surface area (Å²) >= 11 is 2.68. The first-order chi connectivity index (χ1) is 20.8. The van der Waals surface area contributed by atoms with E-state index in [4.69, 9.17) is 9.47 Å². The van der Waals surface area contributed by atoms with E-state index >= 15 is 0 Å². The summed E-state index contributed by atoms with van der Waals surface area (Å²) in [6, 6.07) is 21.0. The van der Waals surface area contributed by atoms with Gasteiger partial charge in [0.25, 0.3) is 11.8 Å². The Labute approximate surface area is 257 Å². The number of amides is 3. The highest BCUT2D eigenvalue weighted by Gasteiger charge is 2.21. The van der Waals surface area contributed by atoms with Crippen LogP contribution in [-0.2, 0) is 9.59 Å². The number of hydrogen-bond acceptors (Lipinski definition) is 9. The number of rotatable bonds is 12. The van der Waals surface area contributed by atoms with Gasteiger partial charge in [0.1, 0.15) is 10.7 Å². The number of aromatic nitrogens is 2. The zero-order chi connectivity index (χ0) is 30.8. The van der Waals surface area contributed by atoms with Crippen molar-refractivity contribution in [2.45, 2.75) is 30.4 Å². The smallest absolute Gasteiger partial charge is 0.272 e. The molecule has 4 aromatic rings. The van der Waals surface area contributed by atoms with Crippen LogP contribution in [-0.4, -0.2) is 47.4 Å². The molecule has 222 valence electrons. The average Bonchev–Trinajstić information content (AvgIpc) is 3.43. The normalized spacial score (nSPS) is 11.8. The van der Waals surface area contributed by atoms with Crippen molar-refractivity contribution in [3.63, 3.8) is 0 Å². The molecule has 0 fully saturated rings. The molecule has 0 spiro atoms. The van der Waals surface area contributed by atoms with Gasteiger partial charge < -0.3 is 20.1 Å². The Bertz CT molecular complexity index is 1620. The molecule has 1 unspecified atom stereocenters. The largest absolute Gasteiger partial charge is 0.493 e. The first-order valence-corrected chi connectivity index (χ1v) is 15.0. The van der Waals surface area contributed by atoms with Gasteiger partial charge in [-0.2, -0.15) is 0 Å². The molecule has 0 bridgehead atoms. The lowest BCUT2D eigenvalue weighted by Crippen LogP contribution is -2.30. The molecule has 0 aliphatic carbocycles. The second-order valence-electron chi connectivity index (χ2n) is 9.07. The molecule has 43 heavy (non-hydrogen) atoms. The Balaban J connectivity index is 1.56. The molecule has 0 aliphatic heterocycles. The van der Waals surface area contributed by atoms with E-state index in [9.17, 15) is 14.4 Å². The van der Waals surface area contributed by atoms with Crippen LogP contribution in [0.1, 0.15) is 34.3 Å². The summed E-state index contributed by atoms with van der Waals surface area (Å²) in [5.41, 5.74) is 1.41. The van der Waals surface area contributed by atoms with Crippen molar-refractivity contribution in [3.8, 4) is 11.5 Å². The molecule has 4 rings (SSSR count). The van der Waals surface area contributed by atoms with Crippen molar-refractivity contribution in [2.24, 2.45) is 0 Å². The molecule has 1 aromatic heterocycles. The van der Waals surface area contributed by atoms with E-state index in [1.807, 2.05) is 19.9 Å². The molecule has 0 radical (unpaired) electrons. The summed E-state index contributed by atoms with van der Waals surface area (Å²) < 4.78 is 10.9. The molecule has 10 nitrogen and oxygen atoms in total. The highest BCUT2D eigenvalue weighted by Crippen LogP contribution is 2.32. The fourth-order valence-electron chi connectivity index (χ4n) is 3.99. The third-order valence-corrected chi connectivity index (χ3v) is 8.16. The van der Waals surface area contributed by atoms with Crippen LogP contribution in [0.2, 0.25) is 0 Å². The summed E-state index contributed by atoms with van der Waals surface area (Å²) in [5, 5.41) is 17.1. The molecule has 1 heterocycles. The van der Waals surface area contributed by atoms with E-state index in [-0.39, 0.29) is 11.6 Å². The molecule has 3 N–H and O–H groups in total. The number of para-hydroxylation sites is 1. The van der Waals surface area contributed by atoms with Crippen molar-refractivity contribution < 1.29 is 23.9 Å². The van der Waals surface area contributed by atoms with Crippen LogP contribution in [0, 0.1) is 6.92 Å². The van der Waals surface area contributed by atoms with Gasteiger partial charge >= 0.3 is 0 Å². The van der Waals surface area contributed by atoms with Gasteiger partial charge in [0, 0.05) is 21.7 Å². The number of benzene rings is 3. The predicted molar refractivity (Wildman–Crippen MR) is 170 cm³/mol. The average molecular weight is 618 g/mol. The van der Waals surface area contributed by atoms with Crippen LogP contribution >= 0.6 is 23.1 Å². The van der Waals surface area contributed by atoms with Crippen molar-refractivity contribution in [1.29, 1.82) is 0 Å². The van der Waals surface area contributed by atoms with E-state index in [1.165, 1.54) is 43.4 Å². The Kier molecular flexibility index (Phi) is 10.9. The van der Waals surface area contributed by atoms with Crippen LogP contribution in [0.4, 0.5) is 10.8 Å². The van der Waals surface area contributed by atoms with E-state index in [2.05, 4.69) is 26.1 Å². The van der Waals surface area contributed by atoms with Crippen LogP contribution < -0.4 is 25.4 Å². The molecule has 1 atom stereocenters. The lowest BCUT2D eigenvalue weighted by molar-refractivity contribution is -0.116. The summed E-state index contributed by atoms with van der Waals surface area (Å²) in [6.07, 6.45) is 2.11. The Hall–Kier alpha value is -4.68. The number of methoxy groups -OCH3 is 2. The summed E-state index contributed by atoms with van der Waals surface area (Å²) in [4.78, 5) is 40.3. The maximum absolute atomic E-state index is 13.6. The van der Waals surface area contributed by atoms with Crippen molar-refractivity contribution in [3.05, 3.63) is 94.6 Å². The third kappa shape index (κ3) is 8.43. The van der Waals surface area contributed by atoms with Gasteiger partial charge in [-0.15, -0.1) is 22.0 Å². The van der Waals surface area contributed by atoms with Crippen molar-refractivity contribution >= 4 is 57.7 Å². The lowest BCUT2D eigenvalue weighted by atomic mass is 10.1. The van der Waals surface area contributed by atoms with Crippen LogP contribution in [0.5, 0.6) is 11.5 Å². The number of thioether (sulfide) groups is 1. The van der Waals surface area contributed by atoms with Crippen molar-refractivity contribution in [2.75, 3.05) is 24.9 Å². The zero-order valence-electron chi connectivity index (χ0n) is 24.0.